The standard InChI is InChI=1S/C13H26F3N3O/c1-12(2,3)17-8-11(20)9-18-4-6-19(7-5-18)10-13(14,15)16/h11,17,20H,4-10H2,1-3H3. The molecule has 1 aliphatic heterocycles. The Morgan fingerprint density at radius 2 is 1.55 bits per heavy atom. The lowest BCUT2D eigenvalue weighted by atomic mass is 10.1. The molecule has 0 amide bonds. The molecule has 0 saturated carbocycles. The minimum absolute atomic E-state index is 0.0492. The zero-order chi connectivity index (χ0) is 15.4. The van der Waals surface area contributed by atoms with Crippen molar-refractivity contribution in [2.75, 3.05) is 45.8 Å². The molecular weight excluding hydrogens is 271 g/mol. The highest BCUT2D eigenvalue weighted by atomic mass is 19.4. The van der Waals surface area contributed by atoms with Gasteiger partial charge in [-0.05, 0) is 20.8 Å². The molecule has 1 aliphatic rings. The third kappa shape index (κ3) is 8.04. The zero-order valence-corrected chi connectivity index (χ0v) is 12.5. The smallest absolute Gasteiger partial charge is 0.390 e. The van der Waals surface area contributed by atoms with Gasteiger partial charge in [0.15, 0.2) is 0 Å². The topological polar surface area (TPSA) is 38.7 Å². The first-order chi connectivity index (χ1) is 9.05. The number of nitrogens with zero attached hydrogens (tertiary/aromatic N) is 2. The van der Waals surface area contributed by atoms with Crippen molar-refractivity contribution in [3.05, 3.63) is 0 Å². The van der Waals surface area contributed by atoms with Crippen molar-refractivity contribution in [2.24, 2.45) is 0 Å². The van der Waals surface area contributed by atoms with Gasteiger partial charge in [0.05, 0.1) is 12.6 Å². The van der Waals surface area contributed by atoms with E-state index in [1.54, 1.807) is 0 Å². The van der Waals surface area contributed by atoms with Crippen LogP contribution >= 0.6 is 0 Å². The van der Waals surface area contributed by atoms with Crippen LogP contribution in [0, 0.1) is 0 Å². The van der Waals surface area contributed by atoms with Gasteiger partial charge >= 0.3 is 6.18 Å². The molecule has 1 fully saturated rings. The molecule has 1 atom stereocenters. The molecule has 1 unspecified atom stereocenters. The zero-order valence-electron chi connectivity index (χ0n) is 12.5. The maximum atomic E-state index is 12.3. The van der Waals surface area contributed by atoms with Gasteiger partial charge in [-0.2, -0.15) is 13.2 Å². The quantitative estimate of drug-likeness (QED) is 0.791. The van der Waals surface area contributed by atoms with Crippen molar-refractivity contribution < 1.29 is 18.3 Å². The molecule has 120 valence electrons. The predicted octanol–water partition coefficient (Wildman–Crippen LogP) is 0.915. The predicted molar refractivity (Wildman–Crippen MR) is 72.7 cm³/mol. The molecule has 20 heavy (non-hydrogen) atoms. The van der Waals surface area contributed by atoms with Gasteiger partial charge in [0.25, 0.3) is 0 Å². The summed E-state index contributed by atoms with van der Waals surface area (Å²) in [5, 5.41) is 13.1. The van der Waals surface area contributed by atoms with Gasteiger partial charge in [0.2, 0.25) is 0 Å². The third-order valence-electron chi connectivity index (χ3n) is 3.20. The Morgan fingerprint density at radius 3 is 2.00 bits per heavy atom. The summed E-state index contributed by atoms with van der Waals surface area (Å²) in [4.78, 5) is 3.43. The number of piperazine rings is 1. The Bertz CT molecular complexity index is 284. The summed E-state index contributed by atoms with van der Waals surface area (Å²) in [6.07, 6.45) is -4.62. The molecule has 0 aromatic rings. The Kier molecular flexibility index (Phi) is 6.25. The molecule has 0 aromatic carbocycles. The second kappa shape index (κ2) is 7.06. The fraction of sp³-hybridized carbons (Fsp3) is 1.00. The van der Waals surface area contributed by atoms with Crippen LogP contribution in [0.15, 0.2) is 0 Å². The van der Waals surface area contributed by atoms with E-state index in [9.17, 15) is 18.3 Å². The van der Waals surface area contributed by atoms with Crippen molar-refractivity contribution in [3.63, 3.8) is 0 Å². The maximum absolute atomic E-state index is 12.3. The van der Waals surface area contributed by atoms with Gasteiger partial charge in [-0.25, -0.2) is 0 Å². The van der Waals surface area contributed by atoms with E-state index in [4.69, 9.17) is 0 Å². The fourth-order valence-corrected chi connectivity index (χ4v) is 2.17. The highest BCUT2D eigenvalue weighted by Gasteiger charge is 2.32. The Morgan fingerprint density at radius 1 is 1.05 bits per heavy atom. The first kappa shape index (κ1) is 17.7. The van der Waals surface area contributed by atoms with Crippen LogP contribution in [0.4, 0.5) is 13.2 Å². The largest absolute Gasteiger partial charge is 0.401 e. The average Bonchev–Trinajstić information content (AvgIpc) is 2.26. The van der Waals surface area contributed by atoms with Crippen molar-refractivity contribution in [1.29, 1.82) is 0 Å². The van der Waals surface area contributed by atoms with Gasteiger partial charge in [-0.3, -0.25) is 9.80 Å². The molecule has 1 heterocycles. The SMILES string of the molecule is CC(C)(C)NCC(O)CN1CCN(CC(F)(F)F)CC1. The normalized spacial score (nSPS) is 21.1. The molecule has 7 heteroatoms. The maximum Gasteiger partial charge on any atom is 0.401 e. The summed E-state index contributed by atoms with van der Waals surface area (Å²) in [6.45, 7) is 8.17. The highest BCUT2D eigenvalue weighted by molar-refractivity contribution is 4.78. The van der Waals surface area contributed by atoms with Crippen LogP contribution in [0.2, 0.25) is 0 Å². The average molecular weight is 297 g/mol. The van der Waals surface area contributed by atoms with Crippen LogP contribution in [0.25, 0.3) is 0 Å². The van der Waals surface area contributed by atoms with Crippen LogP contribution in [-0.4, -0.2) is 78.5 Å². The van der Waals surface area contributed by atoms with E-state index in [1.165, 1.54) is 4.90 Å². The second-order valence-electron chi connectivity index (χ2n) is 6.48. The monoisotopic (exact) mass is 297 g/mol. The summed E-state index contributed by atoms with van der Waals surface area (Å²) in [5.74, 6) is 0. The van der Waals surface area contributed by atoms with Gasteiger partial charge < -0.3 is 10.4 Å². The minimum atomic E-state index is -4.13. The molecule has 1 rings (SSSR count). The first-order valence-corrected chi connectivity index (χ1v) is 7.00. The number of nitrogens with one attached hydrogen (secondary N) is 1. The van der Waals surface area contributed by atoms with E-state index >= 15 is 0 Å². The van der Waals surface area contributed by atoms with Gasteiger partial charge in [-0.15, -0.1) is 0 Å². The third-order valence-corrected chi connectivity index (χ3v) is 3.20. The van der Waals surface area contributed by atoms with Gasteiger partial charge in [0.1, 0.15) is 0 Å². The van der Waals surface area contributed by atoms with Crippen molar-refractivity contribution in [2.45, 2.75) is 38.6 Å². The molecule has 0 aliphatic carbocycles. The number of alkyl halides is 3. The Labute approximate surface area is 118 Å². The van der Waals surface area contributed by atoms with E-state index in [2.05, 4.69) is 5.32 Å². The Balaban J connectivity index is 2.22. The van der Waals surface area contributed by atoms with E-state index in [-0.39, 0.29) is 5.54 Å². The number of rotatable bonds is 5. The van der Waals surface area contributed by atoms with Crippen LogP contribution in [0.1, 0.15) is 20.8 Å². The number of aliphatic hydroxyl groups is 1. The van der Waals surface area contributed by atoms with Crippen LogP contribution in [0.5, 0.6) is 0 Å². The number of aliphatic hydroxyl groups excluding tert-OH is 1. The van der Waals surface area contributed by atoms with E-state index in [0.717, 1.165) is 0 Å². The lowest BCUT2D eigenvalue weighted by Gasteiger charge is -2.36. The summed E-state index contributed by atoms with van der Waals surface area (Å²) in [5.41, 5.74) is -0.0492. The van der Waals surface area contributed by atoms with Crippen molar-refractivity contribution >= 4 is 0 Å². The molecule has 0 radical (unpaired) electrons. The molecule has 2 N–H and O–H groups in total. The van der Waals surface area contributed by atoms with Crippen molar-refractivity contribution in [1.82, 2.24) is 15.1 Å². The van der Waals surface area contributed by atoms with Crippen LogP contribution in [-0.2, 0) is 0 Å². The first-order valence-electron chi connectivity index (χ1n) is 7.00. The Hall–Kier alpha value is -0.370. The molecule has 1 saturated heterocycles. The minimum Gasteiger partial charge on any atom is -0.390 e. The van der Waals surface area contributed by atoms with Gasteiger partial charge in [0, 0.05) is 44.8 Å². The lowest BCUT2D eigenvalue weighted by molar-refractivity contribution is -0.149. The van der Waals surface area contributed by atoms with E-state index in [0.29, 0.717) is 39.3 Å². The van der Waals surface area contributed by atoms with Crippen molar-refractivity contribution in [3.8, 4) is 0 Å². The summed E-state index contributed by atoms with van der Waals surface area (Å²) in [7, 11) is 0. The summed E-state index contributed by atoms with van der Waals surface area (Å²) in [6, 6.07) is 0. The van der Waals surface area contributed by atoms with E-state index in [1.807, 2.05) is 25.7 Å². The van der Waals surface area contributed by atoms with Gasteiger partial charge in [-0.1, -0.05) is 0 Å². The second-order valence-corrected chi connectivity index (χ2v) is 6.48. The number of halogens is 3. The van der Waals surface area contributed by atoms with E-state index < -0.39 is 18.8 Å². The molecule has 0 bridgehead atoms. The summed E-state index contributed by atoms with van der Waals surface area (Å²) >= 11 is 0. The number of hydrogen-bond acceptors (Lipinski definition) is 4. The highest BCUT2D eigenvalue weighted by Crippen LogP contribution is 2.17. The summed E-state index contributed by atoms with van der Waals surface area (Å²) < 4.78 is 36.8. The number of β-amino-alcohol motifs (C(OH)–C–C–N with tert-alkyl or cyclic N) is 1. The molecular formula is C13H26F3N3O. The molecule has 0 spiro atoms. The molecule has 4 nitrogen and oxygen atoms in total. The lowest BCUT2D eigenvalue weighted by Crippen LogP contribution is -2.52. The number of hydrogen-bond donors (Lipinski definition) is 2. The van der Waals surface area contributed by atoms with Crippen LogP contribution in [0.3, 0.4) is 0 Å². The molecule has 0 aromatic heterocycles. The van der Waals surface area contributed by atoms with Crippen LogP contribution < -0.4 is 5.32 Å². The fourth-order valence-electron chi connectivity index (χ4n) is 2.17.